The summed E-state index contributed by atoms with van der Waals surface area (Å²) in [5.41, 5.74) is 2.61. The Labute approximate surface area is 115 Å². The molecule has 0 amide bonds. The highest BCUT2D eigenvalue weighted by molar-refractivity contribution is 5.69. The molecule has 3 nitrogen and oxygen atoms in total. The predicted molar refractivity (Wildman–Crippen MR) is 75.9 cm³/mol. The summed E-state index contributed by atoms with van der Waals surface area (Å²) in [5, 5.41) is 0. The Morgan fingerprint density at radius 1 is 1.32 bits per heavy atom. The number of carbonyl (C=O) groups excluding carboxylic acids is 1. The van der Waals surface area contributed by atoms with E-state index in [9.17, 15) is 4.79 Å². The molecule has 1 aromatic carbocycles. The smallest absolute Gasteiger partial charge is 0.307 e. The van der Waals surface area contributed by atoms with Crippen LogP contribution in [0.15, 0.2) is 24.3 Å². The van der Waals surface area contributed by atoms with E-state index in [1.165, 1.54) is 24.0 Å². The van der Waals surface area contributed by atoms with Crippen LogP contribution < -0.4 is 0 Å². The minimum absolute atomic E-state index is 0.0861. The van der Waals surface area contributed by atoms with Crippen molar-refractivity contribution < 1.29 is 9.53 Å². The second-order valence-corrected chi connectivity index (χ2v) is 5.24. The SMILES string of the molecule is CCOC(=O)CCN(Cc1ccc(C)cc1)C1CC1. The first kappa shape index (κ1) is 14.1. The van der Waals surface area contributed by atoms with Gasteiger partial charge in [-0.15, -0.1) is 0 Å². The Morgan fingerprint density at radius 2 is 2.00 bits per heavy atom. The monoisotopic (exact) mass is 261 g/mol. The molecule has 1 aliphatic rings. The molecule has 1 aromatic rings. The summed E-state index contributed by atoms with van der Waals surface area (Å²) in [6.45, 7) is 6.16. The maximum atomic E-state index is 11.4. The van der Waals surface area contributed by atoms with Crippen LogP contribution in [0.2, 0.25) is 0 Å². The van der Waals surface area contributed by atoms with Gasteiger partial charge in [-0.2, -0.15) is 0 Å². The van der Waals surface area contributed by atoms with Crippen molar-refractivity contribution in [2.24, 2.45) is 0 Å². The molecule has 19 heavy (non-hydrogen) atoms. The maximum Gasteiger partial charge on any atom is 0.307 e. The number of ether oxygens (including phenoxy) is 1. The summed E-state index contributed by atoms with van der Waals surface area (Å²) < 4.78 is 4.99. The van der Waals surface area contributed by atoms with Crippen LogP contribution in [0.25, 0.3) is 0 Å². The minimum atomic E-state index is -0.0861. The molecule has 0 unspecified atom stereocenters. The predicted octanol–water partition coefficient (Wildman–Crippen LogP) is 2.91. The standard InChI is InChI=1S/C16H23NO2/c1-3-19-16(18)10-11-17(15-8-9-15)12-14-6-4-13(2)5-7-14/h4-7,15H,3,8-12H2,1-2H3. The van der Waals surface area contributed by atoms with Crippen molar-refractivity contribution in [2.75, 3.05) is 13.2 Å². The molecule has 0 radical (unpaired) electrons. The highest BCUT2D eigenvalue weighted by Crippen LogP contribution is 2.28. The Bertz CT molecular complexity index is 409. The lowest BCUT2D eigenvalue weighted by Crippen LogP contribution is -2.28. The number of rotatable bonds is 7. The lowest BCUT2D eigenvalue weighted by molar-refractivity contribution is -0.143. The van der Waals surface area contributed by atoms with Gasteiger partial charge in [0.15, 0.2) is 0 Å². The molecule has 1 fully saturated rings. The van der Waals surface area contributed by atoms with E-state index >= 15 is 0 Å². The van der Waals surface area contributed by atoms with E-state index in [1.54, 1.807) is 0 Å². The zero-order valence-electron chi connectivity index (χ0n) is 11.9. The van der Waals surface area contributed by atoms with Gasteiger partial charge in [0.1, 0.15) is 0 Å². The summed E-state index contributed by atoms with van der Waals surface area (Å²) in [5.74, 6) is -0.0861. The fourth-order valence-corrected chi connectivity index (χ4v) is 2.23. The zero-order chi connectivity index (χ0) is 13.7. The summed E-state index contributed by atoms with van der Waals surface area (Å²) >= 11 is 0. The first-order chi connectivity index (χ1) is 9.19. The lowest BCUT2D eigenvalue weighted by atomic mass is 10.1. The van der Waals surface area contributed by atoms with Gasteiger partial charge in [-0.25, -0.2) is 0 Å². The second-order valence-electron chi connectivity index (χ2n) is 5.24. The Kier molecular flexibility index (Phi) is 4.97. The van der Waals surface area contributed by atoms with Crippen LogP contribution in [0.5, 0.6) is 0 Å². The van der Waals surface area contributed by atoms with Crippen molar-refractivity contribution in [1.29, 1.82) is 0 Å². The molecule has 1 saturated carbocycles. The lowest BCUT2D eigenvalue weighted by Gasteiger charge is -2.21. The zero-order valence-corrected chi connectivity index (χ0v) is 11.9. The molecule has 0 saturated heterocycles. The van der Waals surface area contributed by atoms with E-state index in [1.807, 2.05) is 6.92 Å². The van der Waals surface area contributed by atoms with Crippen molar-refractivity contribution in [3.05, 3.63) is 35.4 Å². The normalized spacial score (nSPS) is 14.7. The Hall–Kier alpha value is -1.35. The third-order valence-corrected chi connectivity index (χ3v) is 3.48. The highest BCUT2D eigenvalue weighted by atomic mass is 16.5. The Morgan fingerprint density at radius 3 is 2.58 bits per heavy atom. The van der Waals surface area contributed by atoms with E-state index in [0.717, 1.165) is 13.1 Å². The van der Waals surface area contributed by atoms with Crippen molar-refractivity contribution in [2.45, 2.75) is 45.7 Å². The fourth-order valence-electron chi connectivity index (χ4n) is 2.23. The third kappa shape index (κ3) is 4.67. The number of hydrogen-bond acceptors (Lipinski definition) is 3. The van der Waals surface area contributed by atoms with Crippen LogP contribution in [0.1, 0.15) is 37.3 Å². The minimum Gasteiger partial charge on any atom is -0.466 e. The van der Waals surface area contributed by atoms with E-state index < -0.39 is 0 Å². The van der Waals surface area contributed by atoms with Crippen LogP contribution in [-0.2, 0) is 16.1 Å². The van der Waals surface area contributed by atoms with Gasteiger partial charge < -0.3 is 4.74 Å². The summed E-state index contributed by atoms with van der Waals surface area (Å²) in [6.07, 6.45) is 3.01. The van der Waals surface area contributed by atoms with Gasteiger partial charge in [0.05, 0.1) is 13.0 Å². The first-order valence-corrected chi connectivity index (χ1v) is 7.14. The van der Waals surface area contributed by atoms with Crippen LogP contribution in [0, 0.1) is 6.92 Å². The first-order valence-electron chi connectivity index (χ1n) is 7.14. The molecule has 0 spiro atoms. The molecule has 0 aromatic heterocycles. The summed E-state index contributed by atoms with van der Waals surface area (Å²) in [7, 11) is 0. The van der Waals surface area contributed by atoms with E-state index in [4.69, 9.17) is 4.74 Å². The van der Waals surface area contributed by atoms with E-state index in [2.05, 4.69) is 36.1 Å². The molecule has 2 rings (SSSR count). The third-order valence-electron chi connectivity index (χ3n) is 3.48. The number of carbonyl (C=O) groups is 1. The number of benzene rings is 1. The summed E-state index contributed by atoms with van der Waals surface area (Å²) in [4.78, 5) is 13.8. The molecular formula is C16H23NO2. The van der Waals surface area contributed by atoms with Gasteiger partial charge in [-0.3, -0.25) is 9.69 Å². The van der Waals surface area contributed by atoms with Gasteiger partial charge in [0.25, 0.3) is 0 Å². The average molecular weight is 261 g/mol. The number of aryl methyl sites for hydroxylation is 1. The maximum absolute atomic E-state index is 11.4. The van der Waals surface area contributed by atoms with Crippen molar-refractivity contribution in [1.82, 2.24) is 4.90 Å². The van der Waals surface area contributed by atoms with E-state index in [-0.39, 0.29) is 5.97 Å². The molecular weight excluding hydrogens is 238 g/mol. The quantitative estimate of drug-likeness (QED) is 0.707. The second kappa shape index (κ2) is 6.71. The van der Waals surface area contributed by atoms with Crippen LogP contribution >= 0.6 is 0 Å². The largest absolute Gasteiger partial charge is 0.466 e. The molecule has 1 aliphatic carbocycles. The molecule has 0 heterocycles. The molecule has 0 aliphatic heterocycles. The molecule has 0 bridgehead atoms. The number of nitrogens with zero attached hydrogens (tertiary/aromatic N) is 1. The van der Waals surface area contributed by atoms with Crippen LogP contribution in [-0.4, -0.2) is 30.1 Å². The van der Waals surface area contributed by atoms with Crippen molar-refractivity contribution >= 4 is 5.97 Å². The number of esters is 1. The topological polar surface area (TPSA) is 29.5 Å². The molecule has 0 N–H and O–H groups in total. The van der Waals surface area contributed by atoms with E-state index in [0.29, 0.717) is 19.1 Å². The summed E-state index contributed by atoms with van der Waals surface area (Å²) in [6, 6.07) is 9.30. The van der Waals surface area contributed by atoms with Gasteiger partial charge in [-0.05, 0) is 32.3 Å². The molecule has 0 atom stereocenters. The molecule has 3 heteroatoms. The number of hydrogen-bond donors (Lipinski definition) is 0. The van der Waals surface area contributed by atoms with Gasteiger partial charge in [0.2, 0.25) is 0 Å². The van der Waals surface area contributed by atoms with Crippen molar-refractivity contribution in [3.63, 3.8) is 0 Å². The van der Waals surface area contributed by atoms with Crippen LogP contribution in [0.4, 0.5) is 0 Å². The molecule has 104 valence electrons. The Balaban J connectivity index is 1.86. The van der Waals surface area contributed by atoms with Crippen molar-refractivity contribution in [3.8, 4) is 0 Å². The van der Waals surface area contributed by atoms with Gasteiger partial charge in [0, 0.05) is 19.1 Å². The van der Waals surface area contributed by atoms with Gasteiger partial charge >= 0.3 is 5.97 Å². The highest BCUT2D eigenvalue weighted by Gasteiger charge is 2.29. The fraction of sp³-hybridized carbons (Fsp3) is 0.562. The van der Waals surface area contributed by atoms with Gasteiger partial charge in [-0.1, -0.05) is 29.8 Å². The average Bonchev–Trinajstić information content (AvgIpc) is 3.21. The van der Waals surface area contributed by atoms with Crippen LogP contribution in [0.3, 0.4) is 0 Å².